The van der Waals surface area contributed by atoms with E-state index >= 15 is 0 Å². The van der Waals surface area contributed by atoms with E-state index in [4.69, 9.17) is 16.6 Å². The van der Waals surface area contributed by atoms with Gasteiger partial charge in [-0.05, 0) is 37.2 Å². The molecule has 3 N–H and O–H groups in total. The van der Waals surface area contributed by atoms with Crippen LogP contribution < -0.4 is 5.32 Å². The number of H-pyrrole nitrogens is 1. The zero-order valence-corrected chi connectivity index (χ0v) is 11.0. The van der Waals surface area contributed by atoms with E-state index in [1.54, 1.807) is 6.20 Å². The van der Waals surface area contributed by atoms with Gasteiger partial charge in [0.25, 0.3) is 4.84 Å². The number of aromatic nitrogens is 1. The Morgan fingerprint density at radius 3 is 3.00 bits per heavy atom. The molecule has 0 saturated heterocycles. The Bertz CT molecular complexity index is 574. The standard InChI is InChI=1S/C13H16N2O2S/c1-9-4-2-6-11(12(9)16)14-7-3-5-10-8-15-13(18)17-10/h2,4,6,8,14,16H,3,5,7H2,1H3,(H,15,18). The van der Waals surface area contributed by atoms with Gasteiger partial charge in [-0.1, -0.05) is 12.1 Å². The lowest BCUT2D eigenvalue weighted by Crippen LogP contribution is -2.03. The van der Waals surface area contributed by atoms with Crippen molar-refractivity contribution >= 4 is 17.9 Å². The number of hydrogen-bond acceptors (Lipinski definition) is 4. The summed E-state index contributed by atoms with van der Waals surface area (Å²) in [4.78, 5) is 3.24. The maximum atomic E-state index is 9.82. The summed E-state index contributed by atoms with van der Waals surface area (Å²) < 4.78 is 5.26. The molecule has 1 aromatic carbocycles. The van der Waals surface area contributed by atoms with Crippen LogP contribution in [0, 0.1) is 11.8 Å². The number of hydrogen-bond donors (Lipinski definition) is 3. The zero-order valence-electron chi connectivity index (χ0n) is 10.2. The van der Waals surface area contributed by atoms with Gasteiger partial charge in [0.05, 0.1) is 5.69 Å². The number of benzene rings is 1. The number of anilines is 1. The molecule has 0 amide bonds. The van der Waals surface area contributed by atoms with E-state index in [0.29, 0.717) is 10.6 Å². The van der Waals surface area contributed by atoms with Crippen LogP contribution in [-0.4, -0.2) is 16.6 Å². The minimum Gasteiger partial charge on any atom is -0.506 e. The highest BCUT2D eigenvalue weighted by molar-refractivity contribution is 7.71. The third-order valence-corrected chi connectivity index (χ3v) is 2.93. The Morgan fingerprint density at radius 1 is 1.44 bits per heavy atom. The molecule has 0 aliphatic rings. The average molecular weight is 264 g/mol. The number of oxazole rings is 1. The second kappa shape index (κ2) is 5.73. The molecule has 0 radical (unpaired) electrons. The van der Waals surface area contributed by atoms with Crippen molar-refractivity contribution in [3.63, 3.8) is 0 Å². The predicted octanol–water partition coefficient (Wildman–Crippen LogP) is 3.40. The third-order valence-electron chi connectivity index (χ3n) is 2.73. The monoisotopic (exact) mass is 264 g/mol. The predicted molar refractivity (Wildman–Crippen MR) is 73.5 cm³/mol. The molecule has 2 aromatic rings. The van der Waals surface area contributed by atoms with Crippen molar-refractivity contribution < 1.29 is 9.52 Å². The van der Waals surface area contributed by atoms with Crippen LogP contribution in [0.3, 0.4) is 0 Å². The minimum atomic E-state index is 0.316. The van der Waals surface area contributed by atoms with Crippen LogP contribution in [0.2, 0.25) is 0 Å². The Balaban J connectivity index is 1.82. The van der Waals surface area contributed by atoms with Gasteiger partial charge < -0.3 is 19.8 Å². The van der Waals surface area contributed by atoms with E-state index < -0.39 is 0 Å². The summed E-state index contributed by atoms with van der Waals surface area (Å²) in [6.07, 6.45) is 3.50. The van der Waals surface area contributed by atoms with Crippen molar-refractivity contribution in [2.45, 2.75) is 19.8 Å². The Labute approximate surface area is 111 Å². The fourth-order valence-corrected chi connectivity index (χ4v) is 1.89. The van der Waals surface area contributed by atoms with Gasteiger partial charge in [-0.2, -0.15) is 0 Å². The smallest absolute Gasteiger partial charge is 0.266 e. The first kappa shape index (κ1) is 12.7. The molecule has 18 heavy (non-hydrogen) atoms. The molecule has 1 aromatic heterocycles. The minimum absolute atomic E-state index is 0.316. The topological polar surface area (TPSA) is 61.2 Å². The third kappa shape index (κ3) is 3.13. The van der Waals surface area contributed by atoms with Crippen LogP contribution in [0.1, 0.15) is 17.7 Å². The summed E-state index contributed by atoms with van der Waals surface area (Å²) in [6.45, 7) is 2.65. The Kier molecular flexibility index (Phi) is 4.04. The quantitative estimate of drug-likeness (QED) is 0.440. The summed E-state index contributed by atoms with van der Waals surface area (Å²) in [6, 6.07) is 5.66. The van der Waals surface area contributed by atoms with E-state index in [-0.39, 0.29) is 0 Å². The average Bonchev–Trinajstić information content (AvgIpc) is 2.76. The molecule has 0 fully saturated rings. The number of phenolic OH excluding ortho intramolecular Hbond substituents is 1. The summed E-state index contributed by atoms with van der Waals surface area (Å²) >= 11 is 4.85. The molecule has 0 atom stereocenters. The van der Waals surface area contributed by atoms with Gasteiger partial charge in [0.1, 0.15) is 11.5 Å². The number of aromatic hydroxyl groups is 1. The van der Waals surface area contributed by atoms with Crippen molar-refractivity contribution in [2.24, 2.45) is 0 Å². The molecule has 2 rings (SSSR count). The van der Waals surface area contributed by atoms with Gasteiger partial charge in [-0.25, -0.2) is 0 Å². The largest absolute Gasteiger partial charge is 0.506 e. The number of phenols is 1. The Morgan fingerprint density at radius 2 is 2.28 bits per heavy atom. The first-order chi connectivity index (χ1) is 8.66. The molecular formula is C13H16N2O2S. The van der Waals surface area contributed by atoms with E-state index in [2.05, 4.69) is 10.3 Å². The molecule has 0 aliphatic heterocycles. The van der Waals surface area contributed by atoms with Gasteiger partial charge >= 0.3 is 0 Å². The van der Waals surface area contributed by atoms with Crippen molar-refractivity contribution in [3.05, 3.63) is 40.6 Å². The van der Waals surface area contributed by atoms with Crippen molar-refractivity contribution in [1.29, 1.82) is 0 Å². The molecule has 0 unspecified atom stereocenters. The number of para-hydroxylation sites is 1. The normalized spacial score (nSPS) is 10.5. The highest BCUT2D eigenvalue weighted by Crippen LogP contribution is 2.26. The lowest BCUT2D eigenvalue weighted by atomic mass is 10.2. The Hall–Kier alpha value is -1.75. The molecule has 4 nitrogen and oxygen atoms in total. The fourth-order valence-electron chi connectivity index (χ4n) is 1.73. The van der Waals surface area contributed by atoms with Crippen LogP contribution in [0.25, 0.3) is 0 Å². The molecular weight excluding hydrogens is 248 g/mol. The number of aromatic amines is 1. The second-order valence-corrected chi connectivity index (χ2v) is 4.52. The van der Waals surface area contributed by atoms with E-state index in [9.17, 15) is 5.11 Å². The van der Waals surface area contributed by atoms with Crippen molar-refractivity contribution in [1.82, 2.24) is 4.98 Å². The fraction of sp³-hybridized carbons (Fsp3) is 0.308. The van der Waals surface area contributed by atoms with Crippen LogP contribution in [0.4, 0.5) is 5.69 Å². The molecule has 0 aliphatic carbocycles. The highest BCUT2D eigenvalue weighted by Gasteiger charge is 2.03. The van der Waals surface area contributed by atoms with Crippen molar-refractivity contribution in [3.8, 4) is 5.75 Å². The molecule has 0 saturated carbocycles. The number of aryl methyl sites for hydroxylation is 2. The van der Waals surface area contributed by atoms with E-state index in [0.717, 1.165) is 36.4 Å². The summed E-state index contributed by atoms with van der Waals surface area (Å²) in [7, 11) is 0. The van der Waals surface area contributed by atoms with Gasteiger partial charge in [0.2, 0.25) is 0 Å². The van der Waals surface area contributed by atoms with Gasteiger partial charge in [0, 0.05) is 19.2 Å². The molecule has 96 valence electrons. The molecule has 0 spiro atoms. The highest BCUT2D eigenvalue weighted by atomic mass is 32.1. The molecule has 5 heteroatoms. The molecule has 1 heterocycles. The van der Waals surface area contributed by atoms with Crippen LogP contribution in [-0.2, 0) is 6.42 Å². The van der Waals surface area contributed by atoms with Gasteiger partial charge in [-0.3, -0.25) is 0 Å². The second-order valence-electron chi connectivity index (χ2n) is 4.15. The number of rotatable bonds is 5. The summed E-state index contributed by atoms with van der Waals surface area (Å²) in [5.74, 6) is 1.17. The SMILES string of the molecule is Cc1cccc(NCCCc2c[nH]c(=S)o2)c1O. The van der Waals surface area contributed by atoms with E-state index in [1.165, 1.54) is 0 Å². The van der Waals surface area contributed by atoms with Gasteiger partial charge in [0.15, 0.2) is 0 Å². The number of nitrogens with one attached hydrogen (secondary N) is 2. The van der Waals surface area contributed by atoms with Crippen LogP contribution in [0.15, 0.2) is 28.8 Å². The zero-order chi connectivity index (χ0) is 13.0. The first-order valence-electron chi connectivity index (χ1n) is 5.86. The van der Waals surface area contributed by atoms with Crippen LogP contribution in [0.5, 0.6) is 5.75 Å². The van der Waals surface area contributed by atoms with Gasteiger partial charge in [-0.15, -0.1) is 0 Å². The van der Waals surface area contributed by atoms with Crippen LogP contribution >= 0.6 is 12.2 Å². The summed E-state index contributed by atoms with van der Waals surface area (Å²) in [5.41, 5.74) is 1.64. The maximum absolute atomic E-state index is 9.82. The lowest BCUT2D eigenvalue weighted by Gasteiger charge is -2.09. The maximum Gasteiger partial charge on any atom is 0.266 e. The molecule has 0 bridgehead atoms. The lowest BCUT2D eigenvalue weighted by molar-refractivity contribution is 0.472. The summed E-state index contributed by atoms with van der Waals surface area (Å²) in [5, 5.41) is 13.0. The first-order valence-corrected chi connectivity index (χ1v) is 6.27. The van der Waals surface area contributed by atoms with E-state index in [1.807, 2.05) is 25.1 Å². The van der Waals surface area contributed by atoms with Crippen molar-refractivity contribution in [2.75, 3.05) is 11.9 Å².